The van der Waals surface area contributed by atoms with Crippen molar-refractivity contribution < 1.29 is 17.9 Å². The first-order valence-electron chi connectivity index (χ1n) is 9.89. The Morgan fingerprint density at radius 3 is 1.65 bits per heavy atom. The first-order valence-corrected chi connectivity index (χ1v) is 11.3. The summed E-state index contributed by atoms with van der Waals surface area (Å²) in [4.78, 5) is 0.219. The molecule has 0 radical (unpaired) electrons. The van der Waals surface area contributed by atoms with Gasteiger partial charge in [-0.15, -0.1) is 0 Å². The number of aryl methyl sites for hydroxylation is 1. The predicted octanol–water partition coefficient (Wildman–Crippen LogP) is 3.31. The number of anilines is 2. The maximum absolute atomic E-state index is 13.2. The monoisotopic (exact) mass is 441 g/mol. The second-order valence-electron chi connectivity index (χ2n) is 6.99. The SMILES string of the molecule is Cc1ccc(S(=O)(=O)N(CCOc2ccccc2N)CCOc2ccccc2N)cc1. The van der Waals surface area contributed by atoms with E-state index in [1.54, 1.807) is 48.5 Å². The van der Waals surface area contributed by atoms with Crippen molar-refractivity contribution in [2.24, 2.45) is 0 Å². The minimum Gasteiger partial charge on any atom is -0.490 e. The van der Waals surface area contributed by atoms with Gasteiger partial charge in [-0.1, -0.05) is 42.0 Å². The highest BCUT2D eigenvalue weighted by atomic mass is 32.2. The Morgan fingerprint density at radius 1 is 0.742 bits per heavy atom. The number of nitrogens with zero attached hydrogens (tertiary/aromatic N) is 1. The maximum atomic E-state index is 13.2. The maximum Gasteiger partial charge on any atom is 0.243 e. The van der Waals surface area contributed by atoms with Gasteiger partial charge in [-0.2, -0.15) is 4.31 Å². The van der Waals surface area contributed by atoms with E-state index in [0.29, 0.717) is 22.9 Å². The quantitative estimate of drug-likeness (QED) is 0.467. The van der Waals surface area contributed by atoms with Crippen LogP contribution in [-0.2, 0) is 10.0 Å². The second-order valence-corrected chi connectivity index (χ2v) is 8.93. The van der Waals surface area contributed by atoms with Gasteiger partial charge in [0, 0.05) is 13.1 Å². The number of benzene rings is 3. The van der Waals surface area contributed by atoms with E-state index in [1.165, 1.54) is 4.31 Å². The van der Waals surface area contributed by atoms with Crippen molar-refractivity contribution >= 4 is 21.4 Å². The average molecular weight is 442 g/mol. The zero-order chi connectivity index (χ0) is 22.3. The van der Waals surface area contributed by atoms with Crippen LogP contribution in [0.1, 0.15) is 5.56 Å². The van der Waals surface area contributed by atoms with Crippen molar-refractivity contribution in [2.45, 2.75) is 11.8 Å². The lowest BCUT2D eigenvalue weighted by Crippen LogP contribution is -2.37. The Balaban J connectivity index is 1.71. The molecule has 8 heteroatoms. The fraction of sp³-hybridized carbons (Fsp3) is 0.217. The molecule has 0 heterocycles. The molecule has 3 aromatic carbocycles. The standard InChI is InChI=1S/C23H27N3O4S/c1-18-10-12-19(13-11-18)31(27,28)26(14-16-29-22-8-4-2-6-20(22)24)15-17-30-23-9-5-3-7-21(23)25/h2-13H,14-17,24-25H2,1H3. The Hall–Kier alpha value is -3.23. The molecule has 31 heavy (non-hydrogen) atoms. The van der Waals surface area contributed by atoms with Crippen molar-refractivity contribution in [3.05, 3.63) is 78.4 Å². The number of nitrogens with two attached hydrogens (primary N) is 2. The van der Waals surface area contributed by atoms with E-state index in [2.05, 4.69) is 0 Å². The molecule has 164 valence electrons. The Kier molecular flexibility index (Phi) is 7.38. The molecule has 4 N–H and O–H groups in total. The molecule has 3 rings (SSSR count). The second kappa shape index (κ2) is 10.2. The van der Waals surface area contributed by atoms with Gasteiger partial charge in [0.2, 0.25) is 10.0 Å². The van der Waals surface area contributed by atoms with Gasteiger partial charge >= 0.3 is 0 Å². The normalized spacial score (nSPS) is 11.4. The molecule has 0 bridgehead atoms. The third-order valence-corrected chi connectivity index (χ3v) is 6.61. The highest BCUT2D eigenvalue weighted by molar-refractivity contribution is 7.89. The summed E-state index contributed by atoms with van der Waals surface area (Å²) in [6.07, 6.45) is 0. The van der Waals surface area contributed by atoms with Crippen LogP contribution in [0, 0.1) is 6.92 Å². The summed E-state index contributed by atoms with van der Waals surface area (Å²) in [7, 11) is -3.74. The predicted molar refractivity (Wildman–Crippen MR) is 123 cm³/mol. The number of ether oxygens (including phenoxy) is 2. The van der Waals surface area contributed by atoms with Crippen LogP contribution >= 0.6 is 0 Å². The van der Waals surface area contributed by atoms with E-state index in [4.69, 9.17) is 20.9 Å². The lowest BCUT2D eigenvalue weighted by molar-refractivity contribution is 0.238. The summed E-state index contributed by atoms with van der Waals surface area (Å²) in [5, 5.41) is 0. The summed E-state index contributed by atoms with van der Waals surface area (Å²) in [6, 6.07) is 20.9. The topological polar surface area (TPSA) is 108 Å². The summed E-state index contributed by atoms with van der Waals surface area (Å²) in [5.74, 6) is 1.03. The largest absolute Gasteiger partial charge is 0.490 e. The molecule has 0 saturated carbocycles. The zero-order valence-electron chi connectivity index (χ0n) is 17.4. The van der Waals surface area contributed by atoms with Crippen molar-refractivity contribution in [3.8, 4) is 11.5 Å². The average Bonchev–Trinajstić information content (AvgIpc) is 2.75. The molecule has 0 spiro atoms. The van der Waals surface area contributed by atoms with E-state index < -0.39 is 10.0 Å². The van der Waals surface area contributed by atoms with Crippen molar-refractivity contribution in [1.29, 1.82) is 0 Å². The van der Waals surface area contributed by atoms with Crippen molar-refractivity contribution in [3.63, 3.8) is 0 Å². The third kappa shape index (κ3) is 5.90. The summed E-state index contributed by atoms with van der Waals surface area (Å²) in [6.45, 7) is 2.47. The van der Waals surface area contributed by atoms with E-state index in [0.717, 1.165) is 5.56 Å². The van der Waals surface area contributed by atoms with Crippen molar-refractivity contribution in [2.75, 3.05) is 37.8 Å². The molecule has 0 atom stereocenters. The van der Waals surface area contributed by atoms with Gasteiger partial charge in [0.25, 0.3) is 0 Å². The smallest absolute Gasteiger partial charge is 0.243 e. The van der Waals surface area contributed by atoms with E-state index in [9.17, 15) is 8.42 Å². The number of sulfonamides is 1. The van der Waals surface area contributed by atoms with E-state index >= 15 is 0 Å². The van der Waals surface area contributed by atoms with Crippen LogP contribution in [0.25, 0.3) is 0 Å². The summed E-state index contributed by atoms with van der Waals surface area (Å²) in [5.41, 5.74) is 13.8. The third-order valence-electron chi connectivity index (χ3n) is 4.69. The molecule has 3 aromatic rings. The Bertz CT molecular complexity index is 1050. The number of para-hydroxylation sites is 4. The molecule has 0 aliphatic rings. The molecule has 0 saturated heterocycles. The van der Waals surface area contributed by atoms with Crippen LogP contribution in [0.3, 0.4) is 0 Å². The fourth-order valence-corrected chi connectivity index (χ4v) is 4.36. The molecule has 0 aliphatic carbocycles. The first-order chi connectivity index (χ1) is 14.9. The highest BCUT2D eigenvalue weighted by Crippen LogP contribution is 2.22. The highest BCUT2D eigenvalue weighted by Gasteiger charge is 2.24. The molecule has 0 aromatic heterocycles. The van der Waals surface area contributed by atoms with Crippen LogP contribution in [0.15, 0.2) is 77.7 Å². The van der Waals surface area contributed by atoms with E-state index in [-0.39, 0.29) is 31.2 Å². The van der Waals surface area contributed by atoms with Crippen LogP contribution in [0.4, 0.5) is 11.4 Å². The minimum absolute atomic E-state index is 0.137. The Morgan fingerprint density at radius 2 is 1.19 bits per heavy atom. The van der Waals surface area contributed by atoms with Crippen LogP contribution in [-0.4, -0.2) is 39.0 Å². The number of hydrogen-bond donors (Lipinski definition) is 2. The van der Waals surface area contributed by atoms with Gasteiger partial charge in [-0.25, -0.2) is 8.42 Å². The first kappa shape index (κ1) is 22.5. The lowest BCUT2D eigenvalue weighted by atomic mass is 10.2. The minimum atomic E-state index is -3.74. The number of hydrogen-bond acceptors (Lipinski definition) is 6. The van der Waals surface area contributed by atoms with Crippen LogP contribution in [0.5, 0.6) is 11.5 Å². The van der Waals surface area contributed by atoms with Crippen LogP contribution < -0.4 is 20.9 Å². The Labute approximate surface area is 183 Å². The lowest BCUT2D eigenvalue weighted by Gasteiger charge is -2.23. The summed E-state index contributed by atoms with van der Waals surface area (Å²) < 4.78 is 39.2. The summed E-state index contributed by atoms with van der Waals surface area (Å²) >= 11 is 0. The zero-order valence-corrected chi connectivity index (χ0v) is 18.2. The molecule has 0 fully saturated rings. The van der Waals surface area contributed by atoms with Gasteiger partial charge in [0.05, 0.1) is 16.3 Å². The molecule has 0 unspecified atom stereocenters. The number of nitrogen functional groups attached to an aromatic ring is 2. The molecule has 7 nitrogen and oxygen atoms in total. The number of rotatable bonds is 10. The van der Waals surface area contributed by atoms with Crippen LogP contribution in [0.2, 0.25) is 0 Å². The van der Waals surface area contributed by atoms with Gasteiger partial charge in [0.1, 0.15) is 24.7 Å². The van der Waals surface area contributed by atoms with E-state index in [1.807, 2.05) is 31.2 Å². The fourth-order valence-electron chi connectivity index (χ4n) is 2.95. The van der Waals surface area contributed by atoms with Gasteiger partial charge in [-0.3, -0.25) is 0 Å². The molecule has 0 amide bonds. The van der Waals surface area contributed by atoms with Gasteiger partial charge < -0.3 is 20.9 Å². The van der Waals surface area contributed by atoms with Gasteiger partial charge in [-0.05, 0) is 43.3 Å². The molecular weight excluding hydrogens is 414 g/mol. The molecular formula is C23H27N3O4S. The molecule has 0 aliphatic heterocycles. The van der Waals surface area contributed by atoms with Crippen molar-refractivity contribution in [1.82, 2.24) is 4.31 Å². The van der Waals surface area contributed by atoms with Gasteiger partial charge in [0.15, 0.2) is 0 Å².